The summed E-state index contributed by atoms with van der Waals surface area (Å²) in [5.74, 6) is 1.14. The molecule has 1 heterocycles. The van der Waals surface area contributed by atoms with E-state index in [0.717, 1.165) is 0 Å². The fourth-order valence-corrected chi connectivity index (χ4v) is 3.12. The van der Waals surface area contributed by atoms with Gasteiger partial charge < -0.3 is 30.2 Å². The highest BCUT2D eigenvalue weighted by Crippen LogP contribution is 2.40. The molecule has 0 aliphatic heterocycles. The zero-order valence-corrected chi connectivity index (χ0v) is 19.5. The SMILES string of the molecule is COc1cc(Nc2ncc(C(C)NC(=O)c3cccc(NC(C)=O)c3)nn2)cc(OC)c1OC. The maximum atomic E-state index is 12.6. The molecular weight excluding hydrogens is 440 g/mol. The van der Waals surface area contributed by atoms with E-state index in [2.05, 4.69) is 31.1 Å². The van der Waals surface area contributed by atoms with Gasteiger partial charge in [0, 0.05) is 36.0 Å². The molecule has 0 radical (unpaired) electrons. The van der Waals surface area contributed by atoms with Crippen LogP contribution in [0.15, 0.2) is 42.6 Å². The highest BCUT2D eigenvalue weighted by molar-refractivity contribution is 5.96. The number of aromatic nitrogens is 3. The first-order valence-corrected chi connectivity index (χ1v) is 10.3. The molecule has 0 bridgehead atoms. The third-order valence-electron chi connectivity index (χ3n) is 4.74. The van der Waals surface area contributed by atoms with Crippen LogP contribution < -0.4 is 30.2 Å². The first kappa shape index (κ1) is 24.2. The van der Waals surface area contributed by atoms with Gasteiger partial charge in [-0.1, -0.05) is 6.07 Å². The number of methoxy groups -OCH3 is 3. The Bertz CT molecular complexity index is 1140. The lowest BCUT2D eigenvalue weighted by atomic mass is 10.1. The number of benzene rings is 2. The maximum Gasteiger partial charge on any atom is 0.251 e. The molecule has 3 rings (SSSR count). The van der Waals surface area contributed by atoms with Crippen molar-refractivity contribution in [3.63, 3.8) is 0 Å². The second-order valence-corrected chi connectivity index (χ2v) is 7.20. The van der Waals surface area contributed by atoms with Gasteiger partial charge in [0.15, 0.2) is 11.5 Å². The zero-order chi connectivity index (χ0) is 24.7. The van der Waals surface area contributed by atoms with Crippen molar-refractivity contribution >= 4 is 29.1 Å². The number of anilines is 3. The van der Waals surface area contributed by atoms with Crippen LogP contribution in [-0.2, 0) is 4.79 Å². The molecule has 3 aromatic rings. The minimum absolute atomic E-state index is 0.215. The molecule has 0 aliphatic carbocycles. The molecule has 34 heavy (non-hydrogen) atoms. The Hall–Kier alpha value is -4.41. The quantitative estimate of drug-likeness (QED) is 0.434. The van der Waals surface area contributed by atoms with Crippen LogP contribution in [0.3, 0.4) is 0 Å². The number of hydrogen-bond acceptors (Lipinski definition) is 9. The van der Waals surface area contributed by atoms with Crippen LogP contribution in [0.2, 0.25) is 0 Å². The lowest BCUT2D eigenvalue weighted by molar-refractivity contribution is -0.114. The number of amides is 2. The standard InChI is InChI=1S/C23H26N6O5/c1-13(25-22(31)15-7-6-8-16(9-15)26-14(2)30)18-12-24-23(29-28-18)27-17-10-19(32-3)21(34-5)20(11-17)33-4/h6-13H,1-5H3,(H,25,31)(H,26,30)(H,24,27,29). The van der Waals surface area contributed by atoms with Crippen molar-refractivity contribution in [1.29, 1.82) is 0 Å². The molecule has 1 unspecified atom stereocenters. The van der Waals surface area contributed by atoms with Gasteiger partial charge in [0.05, 0.1) is 33.6 Å². The first-order valence-electron chi connectivity index (χ1n) is 10.3. The summed E-state index contributed by atoms with van der Waals surface area (Å²) in [6.07, 6.45) is 1.52. The van der Waals surface area contributed by atoms with E-state index in [1.165, 1.54) is 34.4 Å². The molecule has 0 aliphatic rings. The maximum absolute atomic E-state index is 12.6. The lowest BCUT2D eigenvalue weighted by Crippen LogP contribution is -2.27. The number of nitrogens with zero attached hydrogens (tertiary/aromatic N) is 3. The molecular formula is C23H26N6O5. The molecule has 11 heteroatoms. The largest absolute Gasteiger partial charge is 0.493 e. The minimum Gasteiger partial charge on any atom is -0.493 e. The molecule has 178 valence electrons. The molecule has 1 aromatic heterocycles. The van der Waals surface area contributed by atoms with Gasteiger partial charge in [-0.05, 0) is 25.1 Å². The monoisotopic (exact) mass is 466 g/mol. The van der Waals surface area contributed by atoms with Gasteiger partial charge in [0.2, 0.25) is 17.6 Å². The summed E-state index contributed by atoms with van der Waals surface area (Å²) in [4.78, 5) is 28.1. The lowest BCUT2D eigenvalue weighted by Gasteiger charge is -2.15. The van der Waals surface area contributed by atoms with Crippen molar-refractivity contribution in [3.05, 3.63) is 53.9 Å². The number of hydrogen-bond donors (Lipinski definition) is 3. The summed E-state index contributed by atoms with van der Waals surface area (Å²) < 4.78 is 16.0. The minimum atomic E-state index is -0.452. The van der Waals surface area contributed by atoms with Crippen molar-refractivity contribution in [2.75, 3.05) is 32.0 Å². The Morgan fingerprint density at radius 3 is 2.21 bits per heavy atom. The van der Waals surface area contributed by atoms with Crippen LogP contribution in [0.1, 0.15) is 35.9 Å². The third-order valence-corrected chi connectivity index (χ3v) is 4.74. The summed E-state index contributed by atoms with van der Waals surface area (Å²) in [6.45, 7) is 3.17. The Labute approximate surface area is 196 Å². The van der Waals surface area contributed by atoms with Crippen molar-refractivity contribution in [2.45, 2.75) is 19.9 Å². The predicted molar refractivity (Wildman–Crippen MR) is 126 cm³/mol. The Morgan fingerprint density at radius 1 is 0.941 bits per heavy atom. The zero-order valence-electron chi connectivity index (χ0n) is 19.5. The normalized spacial score (nSPS) is 11.2. The fraction of sp³-hybridized carbons (Fsp3) is 0.261. The van der Waals surface area contributed by atoms with Crippen LogP contribution in [0, 0.1) is 0 Å². The number of nitrogens with one attached hydrogen (secondary N) is 3. The van der Waals surface area contributed by atoms with E-state index in [0.29, 0.717) is 39.9 Å². The molecule has 0 saturated heterocycles. The molecule has 2 aromatic carbocycles. The number of carbonyl (C=O) groups is 2. The van der Waals surface area contributed by atoms with E-state index >= 15 is 0 Å². The topological polar surface area (TPSA) is 137 Å². The number of carbonyl (C=O) groups excluding carboxylic acids is 2. The molecule has 1 atom stereocenters. The van der Waals surface area contributed by atoms with Gasteiger partial charge >= 0.3 is 0 Å². The number of ether oxygens (including phenoxy) is 3. The Balaban J connectivity index is 1.69. The average molecular weight is 466 g/mol. The Morgan fingerprint density at radius 2 is 1.65 bits per heavy atom. The highest BCUT2D eigenvalue weighted by Gasteiger charge is 2.16. The molecule has 2 amide bonds. The van der Waals surface area contributed by atoms with Crippen LogP contribution in [0.25, 0.3) is 0 Å². The molecule has 3 N–H and O–H groups in total. The summed E-state index contributed by atoms with van der Waals surface area (Å²) in [7, 11) is 4.58. The van der Waals surface area contributed by atoms with E-state index in [9.17, 15) is 9.59 Å². The molecule has 11 nitrogen and oxygen atoms in total. The van der Waals surface area contributed by atoms with Gasteiger partial charge in [-0.25, -0.2) is 4.98 Å². The summed E-state index contributed by atoms with van der Waals surface area (Å²) >= 11 is 0. The molecule has 0 fully saturated rings. The van der Waals surface area contributed by atoms with E-state index in [-0.39, 0.29) is 17.8 Å². The summed E-state index contributed by atoms with van der Waals surface area (Å²) in [5.41, 5.74) is 2.03. The fourth-order valence-electron chi connectivity index (χ4n) is 3.12. The van der Waals surface area contributed by atoms with Crippen LogP contribution in [-0.4, -0.2) is 48.3 Å². The summed E-state index contributed by atoms with van der Waals surface area (Å²) in [5, 5.41) is 16.8. The second-order valence-electron chi connectivity index (χ2n) is 7.20. The second kappa shape index (κ2) is 10.9. The van der Waals surface area contributed by atoms with Crippen molar-refractivity contribution in [3.8, 4) is 17.2 Å². The predicted octanol–water partition coefficient (Wildman–Crippen LogP) is 3.09. The van der Waals surface area contributed by atoms with Crippen LogP contribution in [0.4, 0.5) is 17.3 Å². The van der Waals surface area contributed by atoms with E-state index in [4.69, 9.17) is 14.2 Å². The van der Waals surface area contributed by atoms with Gasteiger partial charge in [0.25, 0.3) is 5.91 Å². The van der Waals surface area contributed by atoms with E-state index in [1.54, 1.807) is 43.3 Å². The van der Waals surface area contributed by atoms with Gasteiger partial charge in [-0.2, -0.15) is 0 Å². The van der Waals surface area contributed by atoms with Crippen molar-refractivity contribution in [2.24, 2.45) is 0 Å². The summed E-state index contributed by atoms with van der Waals surface area (Å²) in [6, 6.07) is 9.63. The molecule has 0 saturated carbocycles. The van der Waals surface area contributed by atoms with Crippen molar-refractivity contribution in [1.82, 2.24) is 20.5 Å². The average Bonchev–Trinajstić information content (AvgIpc) is 2.83. The third kappa shape index (κ3) is 5.88. The molecule has 0 spiro atoms. The first-order chi connectivity index (χ1) is 16.3. The van der Waals surface area contributed by atoms with Gasteiger partial charge in [0.1, 0.15) is 5.69 Å². The smallest absolute Gasteiger partial charge is 0.251 e. The van der Waals surface area contributed by atoms with Gasteiger partial charge in [-0.15, -0.1) is 10.2 Å². The van der Waals surface area contributed by atoms with Gasteiger partial charge in [-0.3, -0.25) is 9.59 Å². The van der Waals surface area contributed by atoms with Crippen LogP contribution >= 0.6 is 0 Å². The highest BCUT2D eigenvalue weighted by atomic mass is 16.5. The van der Waals surface area contributed by atoms with Crippen molar-refractivity contribution < 1.29 is 23.8 Å². The van der Waals surface area contributed by atoms with E-state index < -0.39 is 6.04 Å². The van der Waals surface area contributed by atoms with E-state index in [1.807, 2.05) is 0 Å². The Kier molecular flexibility index (Phi) is 7.80. The van der Waals surface area contributed by atoms with Crippen LogP contribution in [0.5, 0.6) is 17.2 Å². The number of rotatable bonds is 9.